The first-order valence-electron chi connectivity index (χ1n) is 8.87. The number of anilines is 1. The summed E-state index contributed by atoms with van der Waals surface area (Å²) < 4.78 is 11.6. The van der Waals surface area contributed by atoms with Crippen LogP contribution in [0.3, 0.4) is 0 Å². The maximum atomic E-state index is 12.7. The van der Waals surface area contributed by atoms with Crippen LogP contribution < -0.4 is 15.4 Å². The SMILES string of the molecule is CCNc1nc(C)c(C(=O)N[C@@H]2COCC[C@H]2Oc2ccc(C#N)cc2)s1. The molecule has 0 unspecified atom stereocenters. The fraction of sp³-hybridized carbons (Fsp3) is 0.421. The summed E-state index contributed by atoms with van der Waals surface area (Å²) in [5.41, 5.74) is 1.28. The highest BCUT2D eigenvalue weighted by Crippen LogP contribution is 2.24. The van der Waals surface area contributed by atoms with E-state index in [0.717, 1.165) is 11.7 Å². The highest BCUT2D eigenvalue weighted by Gasteiger charge is 2.30. The van der Waals surface area contributed by atoms with Crippen LogP contribution in [0.1, 0.15) is 34.3 Å². The summed E-state index contributed by atoms with van der Waals surface area (Å²) in [4.78, 5) is 17.7. The third-order valence-corrected chi connectivity index (χ3v) is 5.32. The van der Waals surface area contributed by atoms with Gasteiger partial charge in [-0.05, 0) is 38.1 Å². The molecule has 8 heteroatoms. The van der Waals surface area contributed by atoms with Crippen molar-refractivity contribution in [3.63, 3.8) is 0 Å². The molecule has 0 radical (unpaired) electrons. The quantitative estimate of drug-likeness (QED) is 0.792. The van der Waals surface area contributed by atoms with Crippen LogP contribution in [-0.2, 0) is 4.74 Å². The number of carbonyl (C=O) groups excluding carboxylic acids is 1. The number of thiazole rings is 1. The predicted octanol–water partition coefficient (Wildman–Crippen LogP) is 2.72. The molecule has 1 saturated heterocycles. The van der Waals surface area contributed by atoms with Gasteiger partial charge in [-0.2, -0.15) is 5.26 Å². The zero-order chi connectivity index (χ0) is 19.2. The van der Waals surface area contributed by atoms with Crippen molar-refractivity contribution in [1.82, 2.24) is 10.3 Å². The van der Waals surface area contributed by atoms with Crippen molar-refractivity contribution < 1.29 is 14.3 Å². The number of nitriles is 1. The van der Waals surface area contributed by atoms with E-state index in [1.807, 2.05) is 13.8 Å². The Balaban J connectivity index is 1.67. The topological polar surface area (TPSA) is 96.3 Å². The van der Waals surface area contributed by atoms with E-state index in [-0.39, 0.29) is 18.1 Å². The summed E-state index contributed by atoms with van der Waals surface area (Å²) in [7, 11) is 0. The molecule has 142 valence electrons. The number of aromatic nitrogens is 1. The lowest BCUT2D eigenvalue weighted by Gasteiger charge is -2.32. The standard InChI is InChI=1S/C19H22N4O3S/c1-3-21-19-22-12(2)17(27-19)18(24)23-15-11-25-9-8-16(15)26-14-6-4-13(10-20)5-7-14/h4-7,15-16H,3,8-9,11H2,1-2H3,(H,21,22)(H,23,24)/t15-,16-/m1/s1. The molecule has 0 bridgehead atoms. The molecule has 1 aliphatic rings. The molecular weight excluding hydrogens is 364 g/mol. The lowest BCUT2D eigenvalue weighted by molar-refractivity contribution is -0.00284. The fourth-order valence-corrected chi connectivity index (χ4v) is 3.78. The van der Waals surface area contributed by atoms with Crippen molar-refractivity contribution >= 4 is 22.4 Å². The zero-order valence-electron chi connectivity index (χ0n) is 15.3. The smallest absolute Gasteiger partial charge is 0.263 e. The van der Waals surface area contributed by atoms with Gasteiger partial charge in [0.2, 0.25) is 0 Å². The second kappa shape index (κ2) is 8.84. The molecule has 0 saturated carbocycles. The number of carbonyl (C=O) groups is 1. The number of nitrogens with zero attached hydrogens (tertiary/aromatic N) is 2. The third-order valence-electron chi connectivity index (χ3n) is 4.21. The molecule has 27 heavy (non-hydrogen) atoms. The Hall–Kier alpha value is -2.63. The molecule has 1 fully saturated rings. The van der Waals surface area contributed by atoms with Crippen molar-refractivity contribution in [1.29, 1.82) is 5.26 Å². The summed E-state index contributed by atoms with van der Waals surface area (Å²) in [6.07, 6.45) is 0.479. The highest BCUT2D eigenvalue weighted by molar-refractivity contribution is 7.17. The van der Waals surface area contributed by atoms with Crippen LogP contribution in [0, 0.1) is 18.3 Å². The molecule has 1 amide bonds. The highest BCUT2D eigenvalue weighted by atomic mass is 32.1. The van der Waals surface area contributed by atoms with E-state index in [9.17, 15) is 4.79 Å². The van der Waals surface area contributed by atoms with Gasteiger partial charge in [-0.3, -0.25) is 4.79 Å². The molecule has 7 nitrogen and oxygen atoms in total. The first kappa shape index (κ1) is 19.1. The molecule has 1 aliphatic heterocycles. The maximum Gasteiger partial charge on any atom is 0.263 e. The lowest BCUT2D eigenvalue weighted by atomic mass is 10.1. The molecule has 1 aromatic carbocycles. The van der Waals surface area contributed by atoms with Gasteiger partial charge >= 0.3 is 0 Å². The van der Waals surface area contributed by atoms with Gasteiger partial charge in [0.15, 0.2) is 5.13 Å². The molecule has 1 aromatic heterocycles. The number of rotatable bonds is 6. The van der Waals surface area contributed by atoms with Crippen molar-refractivity contribution in [3.8, 4) is 11.8 Å². The second-order valence-electron chi connectivity index (χ2n) is 6.20. The van der Waals surface area contributed by atoms with Crippen LogP contribution in [0.2, 0.25) is 0 Å². The lowest BCUT2D eigenvalue weighted by Crippen LogP contribution is -2.51. The van der Waals surface area contributed by atoms with Crippen LogP contribution in [0.5, 0.6) is 5.75 Å². The van der Waals surface area contributed by atoms with Crippen molar-refractivity contribution in [2.24, 2.45) is 0 Å². The monoisotopic (exact) mass is 386 g/mol. The average molecular weight is 386 g/mol. The summed E-state index contributed by atoms with van der Waals surface area (Å²) in [5.74, 6) is 0.502. The number of nitrogens with one attached hydrogen (secondary N) is 2. The van der Waals surface area contributed by atoms with Gasteiger partial charge in [0.1, 0.15) is 16.7 Å². The van der Waals surface area contributed by atoms with E-state index in [0.29, 0.717) is 41.5 Å². The van der Waals surface area contributed by atoms with E-state index in [4.69, 9.17) is 14.7 Å². The minimum absolute atomic E-state index is 0.168. The number of benzene rings is 1. The molecule has 3 rings (SSSR count). The Labute approximate surface area is 162 Å². The Kier molecular flexibility index (Phi) is 6.27. The van der Waals surface area contributed by atoms with Crippen LogP contribution in [0.25, 0.3) is 0 Å². The maximum absolute atomic E-state index is 12.7. The summed E-state index contributed by atoms with van der Waals surface area (Å²) in [6.45, 7) is 5.54. The van der Waals surface area contributed by atoms with E-state index in [1.54, 1.807) is 24.3 Å². The van der Waals surface area contributed by atoms with Gasteiger partial charge in [-0.25, -0.2) is 4.98 Å². The van der Waals surface area contributed by atoms with Gasteiger partial charge < -0.3 is 20.1 Å². The van der Waals surface area contributed by atoms with E-state index >= 15 is 0 Å². The van der Waals surface area contributed by atoms with E-state index < -0.39 is 0 Å². The Morgan fingerprint density at radius 3 is 2.93 bits per heavy atom. The van der Waals surface area contributed by atoms with Crippen LogP contribution in [-0.4, -0.2) is 42.8 Å². The van der Waals surface area contributed by atoms with Gasteiger partial charge in [0.05, 0.1) is 36.6 Å². The van der Waals surface area contributed by atoms with Gasteiger partial charge in [0, 0.05) is 13.0 Å². The fourth-order valence-electron chi connectivity index (χ4n) is 2.84. The number of amides is 1. The first-order valence-corrected chi connectivity index (χ1v) is 9.69. The van der Waals surface area contributed by atoms with Gasteiger partial charge in [-0.1, -0.05) is 11.3 Å². The summed E-state index contributed by atoms with van der Waals surface area (Å²) >= 11 is 1.34. The molecule has 2 heterocycles. The van der Waals surface area contributed by atoms with Crippen molar-refractivity contribution in [3.05, 3.63) is 40.4 Å². The molecule has 0 spiro atoms. The summed E-state index contributed by atoms with van der Waals surface area (Å²) in [5, 5.41) is 15.8. The third kappa shape index (κ3) is 4.76. The minimum atomic E-state index is -0.258. The minimum Gasteiger partial charge on any atom is -0.488 e. The van der Waals surface area contributed by atoms with Crippen molar-refractivity contribution in [2.45, 2.75) is 32.4 Å². The normalized spacial score (nSPS) is 19.1. The average Bonchev–Trinajstić information content (AvgIpc) is 3.04. The Morgan fingerprint density at radius 2 is 2.22 bits per heavy atom. The Morgan fingerprint density at radius 1 is 1.44 bits per heavy atom. The molecule has 0 aliphatic carbocycles. The van der Waals surface area contributed by atoms with Crippen LogP contribution >= 0.6 is 11.3 Å². The first-order chi connectivity index (χ1) is 13.1. The number of aryl methyl sites for hydroxylation is 1. The zero-order valence-corrected chi connectivity index (χ0v) is 16.1. The largest absolute Gasteiger partial charge is 0.488 e. The molecular formula is C19H22N4O3S. The van der Waals surface area contributed by atoms with Gasteiger partial charge in [-0.15, -0.1) is 0 Å². The van der Waals surface area contributed by atoms with Gasteiger partial charge in [0.25, 0.3) is 5.91 Å². The van der Waals surface area contributed by atoms with Crippen molar-refractivity contribution in [2.75, 3.05) is 25.1 Å². The van der Waals surface area contributed by atoms with Crippen LogP contribution in [0.4, 0.5) is 5.13 Å². The molecule has 2 N–H and O–H groups in total. The molecule has 2 aromatic rings. The Bertz CT molecular complexity index is 828. The second-order valence-corrected chi connectivity index (χ2v) is 7.20. The molecule has 2 atom stereocenters. The number of hydrogen-bond donors (Lipinski definition) is 2. The van der Waals surface area contributed by atoms with Crippen LogP contribution in [0.15, 0.2) is 24.3 Å². The predicted molar refractivity (Wildman–Crippen MR) is 103 cm³/mol. The van der Waals surface area contributed by atoms with E-state index in [1.165, 1.54) is 11.3 Å². The summed E-state index contributed by atoms with van der Waals surface area (Å²) in [6, 6.07) is 8.79. The number of hydrogen-bond acceptors (Lipinski definition) is 7. The number of ether oxygens (including phenoxy) is 2. The van der Waals surface area contributed by atoms with E-state index in [2.05, 4.69) is 21.7 Å².